The fourth-order valence-corrected chi connectivity index (χ4v) is 3.99. The molecular formula is C23H21F6N3O2S. The molecule has 12 heteroatoms. The Labute approximate surface area is 201 Å². The highest BCUT2D eigenvalue weighted by atomic mass is 32.2. The number of carbonyl (C=O) groups excluding carboxylic acids is 1. The number of rotatable bonds is 6. The fraction of sp³-hybridized carbons (Fsp3) is 0.304. The van der Waals surface area contributed by atoms with E-state index in [1.54, 1.807) is 25.3 Å². The standard InChI is InChI=1S/C23H21F6N3O2S/c1-12(2)31-17-8-13(9-19-20(30-3)32-21(33)35-19)4-7-18(17)34-11-14-5-6-15(22(24,25)26)10-16(14)23(27,28)29/h4-10,12,31H,11H2,1-3H3,(H,30,32,33). The summed E-state index contributed by atoms with van der Waals surface area (Å²) in [6, 6.07) is 6.26. The van der Waals surface area contributed by atoms with Gasteiger partial charge in [-0.3, -0.25) is 4.79 Å². The van der Waals surface area contributed by atoms with Gasteiger partial charge in [0.25, 0.3) is 0 Å². The Balaban J connectivity index is 1.91. The number of halogens is 6. The van der Waals surface area contributed by atoms with Crippen molar-refractivity contribution in [1.82, 2.24) is 5.32 Å². The van der Waals surface area contributed by atoms with Gasteiger partial charge >= 0.3 is 17.6 Å². The number of likely N-dealkylation sites (N-methyl/N-ethyl adjacent to an activating group) is 1. The molecule has 0 atom stereocenters. The van der Waals surface area contributed by atoms with E-state index in [1.807, 2.05) is 13.8 Å². The predicted molar refractivity (Wildman–Crippen MR) is 123 cm³/mol. The number of aliphatic imine (C=N–C) groups is 1. The largest absolute Gasteiger partial charge is 0.487 e. The van der Waals surface area contributed by atoms with Crippen LogP contribution in [0.15, 0.2) is 46.3 Å². The van der Waals surface area contributed by atoms with E-state index < -0.39 is 35.6 Å². The van der Waals surface area contributed by atoms with Crippen molar-refractivity contribution in [3.8, 4) is 5.75 Å². The summed E-state index contributed by atoms with van der Waals surface area (Å²) < 4.78 is 84.7. The van der Waals surface area contributed by atoms with Crippen molar-refractivity contribution < 1.29 is 35.9 Å². The van der Waals surface area contributed by atoms with Gasteiger partial charge in [0.05, 0.1) is 21.7 Å². The lowest BCUT2D eigenvalue weighted by Gasteiger charge is -2.19. The molecule has 2 N–H and O–H groups in total. The van der Waals surface area contributed by atoms with Crippen molar-refractivity contribution in [3.05, 3.63) is 63.6 Å². The third-order valence-corrected chi connectivity index (χ3v) is 5.54. The molecule has 1 aliphatic heterocycles. The Morgan fingerprint density at radius 1 is 1.06 bits per heavy atom. The van der Waals surface area contributed by atoms with Gasteiger partial charge in [-0.1, -0.05) is 12.1 Å². The average molecular weight is 517 g/mol. The first-order valence-electron chi connectivity index (χ1n) is 10.3. The first-order chi connectivity index (χ1) is 16.3. The van der Waals surface area contributed by atoms with Gasteiger partial charge in [-0.2, -0.15) is 31.3 Å². The molecule has 0 saturated heterocycles. The molecule has 0 spiro atoms. The second-order valence-electron chi connectivity index (χ2n) is 7.80. The minimum absolute atomic E-state index is 0.0612. The summed E-state index contributed by atoms with van der Waals surface area (Å²) >= 11 is 0.949. The normalized spacial score (nSPS) is 15.5. The molecule has 0 radical (unpaired) electrons. The fourth-order valence-electron chi connectivity index (χ4n) is 3.22. The van der Waals surface area contributed by atoms with Crippen LogP contribution in [0.25, 0.3) is 6.08 Å². The van der Waals surface area contributed by atoms with Crippen molar-refractivity contribution in [1.29, 1.82) is 0 Å². The number of carbonyl (C=O) groups is 1. The molecular weight excluding hydrogens is 496 g/mol. The van der Waals surface area contributed by atoms with Crippen LogP contribution < -0.4 is 15.4 Å². The van der Waals surface area contributed by atoms with Gasteiger partial charge < -0.3 is 15.4 Å². The molecule has 0 unspecified atom stereocenters. The summed E-state index contributed by atoms with van der Waals surface area (Å²) in [6.45, 7) is 3.11. The van der Waals surface area contributed by atoms with Gasteiger partial charge in [0, 0.05) is 18.7 Å². The molecule has 188 valence electrons. The number of nitrogens with zero attached hydrogens (tertiary/aromatic N) is 1. The number of thioether (sulfide) groups is 1. The zero-order chi connectivity index (χ0) is 26.0. The summed E-state index contributed by atoms with van der Waals surface area (Å²) in [5, 5.41) is 5.60. The number of nitrogens with one attached hydrogen (secondary N) is 2. The number of benzene rings is 2. The Morgan fingerprint density at radius 3 is 2.37 bits per heavy atom. The van der Waals surface area contributed by atoms with E-state index in [0.717, 1.165) is 17.8 Å². The molecule has 1 heterocycles. The number of hydrogen-bond acceptors (Lipinski definition) is 5. The van der Waals surface area contributed by atoms with Crippen LogP contribution in [0, 0.1) is 0 Å². The summed E-state index contributed by atoms with van der Waals surface area (Å²) in [6.07, 6.45) is -8.17. The van der Waals surface area contributed by atoms with Crippen molar-refractivity contribution in [2.45, 2.75) is 38.8 Å². The highest BCUT2D eigenvalue weighted by Gasteiger charge is 2.38. The zero-order valence-electron chi connectivity index (χ0n) is 18.8. The molecule has 1 amide bonds. The quantitative estimate of drug-likeness (QED) is 0.406. The molecule has 0 aliphatic carbocycles. The number of anilines is 1. The molecule has 3 rings (SSSR count). The molecule has 0 bridgehead atoms. The van der Waals surface area contributed by atoms with Gasteiger partial charge in [-0.05, 0) is 61.5 Å². The van der Waals surface area contributed by atoms with Crippen LogP contribution in [-0.4, -0.2) is 24.2 Å². The zero-order valence-corrected chi connectivity index (χ0v) is 19.6. The first-order valence-corrected chi connectivity index (χ1v) is 11.1. The minimum atomic E-state index is -4.99. The summed E-state index contributed by atoms with van der Waals surface area (Å²) in [5.74, 6) is 0.632. The van der Waals surface area contributed by atoms with E-state index in [9.17, 15) is 31.1 Å². The maximum absolute atomic E-state index is 13.4. The molecule has 35 heavy (non-hydrogen) atoms. The average Bonchev–Trinajstić information content (AvgIpc) is 3.10. The van der Waals surface area contributed by atoms with Crippen LogP contribution in [0.2, 0.25) is 0 Å². The number of amides is 1. The van der Waals surface area contributed by atoms with Gasteiger partial charge in [-0.15, -0.1) is 0 Å². The third-order valence-electron chi connectivity index (χ3n) is 4.74. The van der Waals surface area contributed by atoms with E-state index in [-0.39, 0.29) is 23.1 Å². The lowest BCUT2D eigenvalue weighted by molar-refractivity contribution is -0.143. The second-order valence-corrected chi connectivity index (χ2v) is 8.79. The van der Waals surface area contributed by atoms with Gasteiger partial charge in [-0.25, -0.2) is 0 Å². The topological polar surface area (TPSA) is 62.7 Å². The monoisotopic (exact) mass is 517 g/mol. The minimum Gasteiger partial charge on any atom is -0.487 e. The van der Waals surface area contributed by atoms with E-state index in [0.29, 0.717) is 28.1 Å². The number of alkyl halides is 6. The molecule has 2 aromatic carbocycles. The Morgan fingerprint density at radius 2 is 1.77 bits per heavy atom. The molecule has 2 aromatic rings. The lowest BCUT2D eigenvalue weighted by Crippen LogP contribution is -2.16. The number of amidine groups is 1. The SMILES string of the molecule is CNC1=NC(=O)SC1=Cc1ccc(OCc2ccc(C(F)(F)F)cc2C(F)(F)F)c(NC(C)C)c1. The number of hydrogen-bond donors (Lipinski definition) is 2. The van der Waals surface area contributed by atoms with Crippen molar-refractivity contribution in [3.63, 3.8) is 0 Å². The third kappa shape index (κ3) is 6.71. The van der Waals surface area contributed by atoms with Crippen molar-refractivity contribution in [2.75, 3.05) is 12.4 Å². The predicted octanol–water partition coefficient (Wildman–Crippen LogP) is 6.95. The maximum Gasteiger partial charge on any atom is 0.416 e. The van der Waals surface area contributed by atoms with Crippen LogP contribution in [-0.2, 0) is 19.0 Å². The summed E-state index contributed by atoms with van der Waals surface area (Å²) in [4.78, 5) is 16.0. The molecule has 0 saturated carbocycles. The van der Waals surface area contributed by atoms with Crippen LogP contribution in [0.4, 0.5) is 36.8 Å². The van der Waals surface area contributed by atoms with E-state index in [1.165, 1.54) is 6.07 Å². The van der Waals surface area contributed by atoms with Crippen molar-refractivity contribution in [2.24, 2.45) is 4.99 Å². The van der Waals surface area contributed by atoms with Crippen molar-refractivity contribution >= 4 is 34.6 Å². The Hall–Kier alpha value is -3.15. The van der Waals surface area contributed by atoms with E-state index in [2.05, 4.69) is 15.6 Å². The highest BCUT2D eigenvalue weighted by Crippen LogP contribution is 2.38. The van der Waals surface area contributed by atoms with Crippen LogP contribution in [0.5, 0.6) is 5.75 Å². The molecule has 0 aromatic heterocycles. The smallest absolute Gasteiger partial charge is 0.416 e. The first kappa shape index (κ1) is 26.5. The lowest BCUT2D eigenvalue weighted by atomic mass is 10.0. The van der Waals surface area contributed by atoms with Gasteiger partial charge in [0.15, 0.2) is 0 Å². The van der Waals surface area contributed by atoms with E-state index in [4.69, 9.17) is 4.74 Å². The van der Waals surface area contributed by atoms with E-state index >= 15 is 0 Å². The summed E-state index contributed by atoms with van der Waals surface area (Å²) in [7, 11) is 1.63. The Bertz CT molecular complexity index is 1170. The van der Waals surface area contributed by atoms with Gasteiger partial charge in [0.2, 0.25) is 0 Å². The van der Waals surface area contributed by atoms with Gasteiger partial charge in [0.1, 0.15) is 18.2 Å². The maximum atomic E-state index is 13.4. The molecule has 1 aliphatic rings. The highest BCUT2D eigenvalue weighted by molar-refractivity contribution is 8.18. The Kier molecular flexibility index (Phi) is 7.73. The second kappa shape index (κ2) is 10.2. The van der Waals surface area contributed by atoms with Crippen LogP contribution in [0.3, 0.4) is 0 Å². The van der Waals surface area contributed by atoms with Crippen LogP contribution in [0.1, 0.15) is 36.1 Å². The summed E-state index contributed by atoms with van der Waals surface area (Å²) in [5.41, 5.74) is -2.09. The number of ether oxygens (including phenoxy) is 1. The molecule has 5 nitrogen and oxygen atoms in total. The van der Waals surface area contributed by atoms with Crippen LogP contribution >= 0.6 is 11.8 Å². The molecule has 0 fully saturated rings.